The van der Waals surface area contributed by atoms with Crippen LogP contribution < -0.4 is 15.0 Å². The van der Waals surface area contributed by atoms with E-state index in [-0.39, 0.29) is 11.7 Å². The summed E-state index contributed by atoms with van der Waals surface area (Å²) in [6.45, 7) is 3.78. The van der Waals surface area contributed by atoms with Gasteiger partial charge in [-0.2, -0.15) is 0 Å². The highest BCUT2D eigenvalue weighted by molar-refractivity contribution is 7.80. The molecule has 37 heavy (non-hydrogen) atoms. The van der Waals surface area contributed by atoms with Crippen molar-refractivity contribution in [2.75, 3.05) is 12.0 Å². The number of nitrogens with zero attached hydrogens (tertiary/aromatic N) is 4. The Hall–Kier alpha value is -4.31. The molecule has 2 aromatic carbocycles. The third-order valence-electron chi connectivity index (χ3n) is 6.62. The SMILES string of the molecule is COc1ccc(-n2c(C)cc(C3C(c4ccccn4)NC(=S)N3c3ccccc3F)c2C)c([N+](=O)[O-])c1. The highest BCUT2D eigenvalue weighted by atomic mass is 32.1. The number of rotatable bonds is 6. The van der Waals surface area contributed by atoms with Crippen LogP contribution >= 0.6 is 12.2 Å². The van der Waals surface area contributed by atoms with E-state index in [0.29, 0.717) is 22.2 Å². The van der Waals surface area contributed by atoms with Gasteiger partial charge in [-0.05, 0) is 74.1 Å². The molecular weight excluding hydrogens is 493 g/mol. The van der Waals surface area contributed by atoms with E-state index < -0.39 is 16.8 Å². The predicted molar refractivity (Wildman–Crippen MR) is 143 cm³/mol. The lowest BCUT2D eigenvalue weighted by Gasteiger charge is -2.28. The first-order chi connectivity index (χ1) is 17.8. The van der Waals surface area contributed by atoms with Crippen molar-refractivity contribution in [2.45, 2.75) is 25.9 Å². The number of nitro groups is 1. The number of halogens is 1. The van der Waals surface area contributed by atoms with Crippen molar-refractivity contribution < 1.29 is 14.1 Å². The Morgan fingerprint density at radius 1 is 1.08 bits per heavy atom. The number of hydrogen-bond acceptors (Lipinski definition) is 5. The molecule has 0 bridgehead atoms. The normalized spacial score (nSPS) is 17.1. The number of hydrogen-bond donors (Lipinski definition) is 1. The van der Waals surface area contributed by atoms with Crippen LogP contribution in [0.5, 0.6) is 5.75 Å². The largest absolute Gasteiger partial charge is 0.496 e. The van der Waals surface area contributed by atoms with Gasteiger partial charge in [0, 0.05) is 17.6 Å². The van der Waals surface area contributed by atoms with Gasteiger partial charge < -0.3 is 19.5 Å². The molecule has 1 fully saturated rings. The van der Waals surface area contributed by atoms with Crippen LogP contribution in [-0.4, -0.2) is 26.7 Å². The maximum absolute atomic E-state index is 15.1. The Labute approximate surface area is 218 Å². The van der Waals surface area contributed by atoms with Gasteiger partial charge in [-0.15, -0.1) is 0 Å². The zero-order chi connectivity index (χ0) is 26.3. The number of ether oxygens (including phenoxy) is 1. The quantitative estimate of drug-likeness (QED) is 0.199. The third kappa shape index (κ3) is 4.19. The summed E-state index contributed by atoms with van der Waals surface area (Å²) in [5.41, 5.74) is 3.80. The minimum absolute atomic E-state index is 0.0833. The summed E-state index contributed by atoms with van der Waals surface area (Å²) < 4.78 is 22.1. The molecule has 4 aromatic rings. The van der Waals surface area contributed by atoms with Gasteiger partial charge in [-0.25, -0.2) is 4.39 Å². The maximum atomic E-state index is 15.1. The van der Waals surface area contributed by atoms with Gasteiger partial charge >= 0.3 is 0 Å². The molecule has 188 valence electrons. The second kappa shape index (κ2) is 9.62. The van der Waals surface area contributed by atoms with Gasteiger partial charge in [0.25, 0.3) is 5.69 Å². The van der Waals surface area contributed by atoms with E-state index >= 15 is 4.39 Å². The Kier molecular flexibility index (Phi) is 6.34. The first-order valence-corrected chi connectivity index (χ1v) is 12.0. The molecule has 0 aliphatic carbocycles. The van der Waals surface area contributed by atoms with Crippen molar-refractivity contribution in [3.05, 3.63) is 112 Å². The summed E-state index contributed by atoms with van der Waals surface area (Å²) in [5, 5.41) is 15.7. The Bertz CT molecular complexity index is 1510. The molecule has 2 aromatic heterocycles. The molecule has 0 saturated carbocycles. The van der Waals surface area contributed by atoms with E-state index in [9.17, 15) is 10.1 Å². The monoisotopic (exact) mass is 517 g/mol. The minimum atomic E-state index is -0.462. The van der Waals surface area contributed by atoms with Crippen LogP contribution in [0.1, 0.15) is 34.7 Å². The fraction of sp³-hybridized carbons (Fsp3) is 0.185. The number of pyridine rings is 1. The van der Waals surface area contributed by atoms with Gasteiger partial charge in [0.2, 0.25) is 0 Å². The topological polar surface area (TPSA) is 85.5 Å². The summed E-state index contributed by atoms with van der Waals surface area (Å²) in [6, 6.07) is 18.0. The fourth-order valence-electron chi connectivity index (χ4n) is 5.00. The third-order valence-corrected chi connectivity index (χ3v) is 6.93. The Morgan fingerprint density at radius 3 is 2.51 bits per heavy atom. The molecule has 1 N–H and O–H groups in total. The van der Waals surface area contributed by atoms with E-state index in [4.69, 9.17) is 17.0 Å². The molecule has 10 heteroatoms. The number of aryl methyl sites for hydroxylation is 1. The summed E-state index contributed by atoms with van der Waals surface area (Å²) in [7, 11) is 1.47. The van der Waals surface area contributed by atoms with E-state index in [1.165, 1.54) is 19.2 Å². The second-order valence-corrected chi connectivity index (χ2v) is 9.11. The summed E-state index contributed by atoms with van der Waals surface area (Å²) in [6.07, 6.45) is 1.70. The minimum Gasteiger partial charge on any atom is -0.496 e. The number of methoxy groups -OCH3 is 1. The van der Waals surface area contributed by atoms with E-state index in [1.807, 2.05) is 42.7 Å². The number of para-hydroxylation sites is 1. The van der Waals surface area contributed by atoms with Crippen molar-refractivity contribution in [3.63, 3.8) is 0 Å². The van der Waals surface area contributed by atoms with Gasteiger partial charge in [-0.3, -0.25) is 15.1 Å². The molecule has 3 heterocycles. The lowest BCUT2D eigenvalue weighted by atomic mass is 9.96. The molecule has 5 rings (SSSR count). The van der Waals surface area contributed by atoms with Gasteiger partial charge in [0.05, 0.1) is 41.6 Å². The molecule has 0 spiro atoms. The molecule has 1 aliphatic heterocycles. The summed E-state index contributed by atoms with van der Waals surface area (Å²) in [5.74, 6) is -0.0117. The van der Waals surface area contributed by atoms with Crippen molar-refractivity contribution in [1.82, 2.24) is 14.9 Å². The molecule has 2 unspecified atom stereocenters. The van der Waals surface area contributed by atoms with Gasteiger partial charge in [-0.1, -0.05) is 18.2 Å². The molecule has 2 atom stereocenters. The lowest BCUT2D eigenvalue weighted by Crippen LogP contribution is -2.30. The molecule has 8 nitrogen and oxygen atoms in total. The molecular formula is C27H24FN5O3S. The van der Waals surface area contributed by atoms with E-state index in [1.54, 1.807) is 41.4 Å². The highest BCUT2D eigenvalue weighted by Gasteiger charge is 2.43. The number of nitro benzene ring substituents is 1. The average Bonchev–Trinajstić information content (AvgIpc) is 3.39. The van der Waals surface area contributed by atoms with Crippen molar-refractivity contribution in [1.29, 1.82) is 0 Å². The van der Waals surface area contributed by atoms with Crippen molar-refractivity contribution in [2.24, 2.45) is 0 Å². The van der Waals surface area contributed by atoms with Crippen LogP contribution in [0.3, 0.4) is 0 Å². The van der Waals surface area contributed by atoms with E-state index in [2.05, 4.69) is 10.3 Å². The second-order valence-electron chi connectivity index (χ2n) is 8.72. The summed E-state index contributed by atoms with van der Waals surface area (Å²) >= 11 is 5.71. The smallest absolute Gasteiger partial charge is 0.296 e. The predicted octanol–water partition coefficient (Wildman–Crippen LogP) is 5.72. The van der Waals surface area contributed by atoms with Crippen LogP contribution in [0.2, 0.25) is 0 Å². The number of nitrogens with one attached hydrogen (secondary N) is 1. The van der Waals surface area contributed by atoms with Crippen LogP contribution in [0.15, 0.2) is 72.9 Å². The molecule has 1 aliphatic rings. The molecule has 1 saturated heterocycles. The highest BCUT2D eigenvalue weighted by Crippen LogP contribution is 2.45. The number of benzene rings is 2. The summed E-state index contributed by atoms with van der Waals surface area (Å²) in [4.78, 5) is 17.8. The fourth-order valence-corrected chi connectivity index (χ4v) is 5.34. The van der Waals surface area contributed by atoms with Gasteiger partial charge in [0.1, 0.15) is 17.3 Å². The number of anilines is 1. The van der Waals surface area contributed by atoms with E-state index in [0.717, 1.165) is 22.6 Å². The number of thiocarbonyl (C=S) groups is 1. The standard InChI is InChI=1S/C27H24FN5O3S/c1-16-14-19(17(2)31(16)23-12-11-18(36-3)15-24(23)33(34)35)26-25(21-9-6-7-13-29-21)30-27(37)32(26)22-10-5-4-8-20(22)28/h4-15,25-26H,1-3H3,(H,30,37). The van der Waals surface area contributed by atoms with Crippen LogP contribution in [-0.2, 0) is 0 Å². The van der Waals surface area contributed by atoms with Crippen LogP contribution in [0.4, 0.5) is 15.8 Å². The first-order valence-electron chi connectivity index (χ1n) is 11.6. The lowest BCUT2D eigenvalue weighted by molar-refractivity contribution is -0.384. The first kappa shape index (κ1) is 24.4. The Morgan fingerprint density at radius 2 is 1.84 bits per heavy atom. The average molecular weight is 518 g/mol. The number of aromatic nitrogens is 2. The van der Waals surface area contributed by atoms with Crippen LogP contribution in [0, 0.1) is 29.8 Å². The van der Waals surface area contributed by atoms with Gasteiger partial charge in [0.15, 0.2) is 5.11 Å². The molecule has 0 radical (unpaired) electrons. The Balaban J connectivity index is 1.72. The molecule has 0 amide bonds. The van der Waals surface area contributed by atoms with Crippen molar-refractivity contribution in [3.8, 4) is 11.4 Å². The van der Waals surface area contributed by atoms with Crippen molar-refractivity contribution >= 4 is 28.7 Å². The zero-order valence-electron chi connectivity index (χ0n) is 20.4. The zero-order valence-corrected chi connectivity index (χ0v) is 21.2. The van der Waals surface area contributed by atoms with Crippen LogP contribution in [0.25, 0.3) is 5.69 Å². The maximum Gasteiger partial charge on any atom is 0.296 e.